The lowest BCUT2D eigenvalue weighted by atomic mass is 9.97. The fraction of sp³-hybridized carbons (Fsp3) is 0.455. The highest BCUT2D eigenvalue weighted by Crippen LogP contribution is 2.22. The van der Waals surface area contributed by atoms with Crippen molar-refractivity contribution < 1.29 is 8.78 Å². The molecule has 0 aliphatic heterocycles. The van der Waals surface area contributed by atoms with Gasteiger partial charge in [0.1, 0.15) is 11.6 Å². The summed E-state index contributed by atoms with van der Waals surface area (Å²) < 4.78 is 26.1. The van der Waals surface area contributed by atoms with E-state index < -0.39 is 0 Å². The van der Waals surface area contributed by atoms with E-state index in [2.05, 4.69) is 5.32 Å². The molecule has 3 heteroatoms. The normalized spacial score (nSPS) is 12.9. The third-order valence-electron chi connectivity index (χ3n) is 2.32. The molecule has 1 aromatic rings. The second-order valence-electron chi connectivity index (χ2n) is 3.46. The Bertz CT molecular complexity index is 299. The van der Waals surface area contributed by atoms with Gasteiger partial charge in [0.05, 0.1) is 0 Å². The smallest absolute Gasteiger partial charge is 0.126 e. The first-order valence-electron chi connectivity index (χ1n) is 4.74. The predicted octanol–water partition coefficient (Wildman–Crippen LogP) is 2.68. The topological polar surface area (TPSA) is 12.0 Å². The Morgan fingerprint density at radius 2 is 2.07 bits per heavy atom. The summed E-state index contributed by atoms with van der Waals surface area (Å²) in [6.45, 7) is 2.70. The lowest BCUT2D eigenvalue weighted by Crippen LogP contribution is -2.11. The highest BCUT2D eigenvalue weighted by molar-refractivity contribution is 5.22. The molecule has 14 heavy (non-hydrogen) atoms. The fourth-order valence-electron chi connectivity index (χ4n) is 1.41. The molecule has 1 atom stereocenters. The van der Waals surface area contributed by atoms with Gasteiger partial charge in [0.15, 0.2) is 0 Å². The summed E-state index contributed by atoms with van der Waals surface area (Å²) >= 11 is 0. The minimum atomic E-state index is -0.377. The average molecular weight is 199 g/mol. The Kier molecular flexibility index (Phi) is 4.01. The maximum atomic E-state index is 13.3. The molecule has 1 nitrogen and oxygen atoms in total. The van der Waals surface area contributed by atoms with Crippen molar-refractivity contribution in [2.75, 3.05) is 13.6 Å². The van der Waals surface area contributed by atoms with Crippen LogP contribution in [0.3, 0.4) is 0 Å². The Hall–Kier alpha value is -0.960. The van der Waals surface area contributed by atoms with Gasteiger partial charge < -0.3 is 5.32 Å². The number of rotatable bonds is 4. The van der Waals surface area contributed by atoms with Crippen LogP contribution in [0.4, 0.5) is 8.78 Å². The second-order valence-corrected chi connectivity index (χ2v) is 3.46. The zero-order valence-electron chi connectivity index (χ0n) is 8.48. The van der Waals surface area contributed by atoms with Crippen molar-refractivity contribution in [3.05, 3.63) is 35.4 Å². The van der Waals surface area contributed by atoms with Gasteiger partial charge in [-0.15, -0.1) is 0 Å². The highest BCUT2D eigenvalue weighted by atomic mass is 19.1. The molecule has 0 bridgehead atoms. The van der Waals surface area contributed by atoms with E-state index in [0.29, 0.717) is 5.56 Å². The van der Waals surface area contributed by atoms with Crippen molar-refractivity contribution in [1.29, 1.82) is 0 Å². The maximum absolute atomic E-state index is 13.3. The first kappa shape index (κ1) is 11.1. The summed E-state index contributed by atoms with van der Waals surface area (Å²) in [5.41, 5.74) is 0.459. The zero-order chi connectivity index (χ0) is 10.6. The molecule has 0 saturated heterocycles. The van der Waals surface area contributed by atoms with E-state index >= 15 is 0 Å². The summed E-state index contributed by atoms with van der Waals surface area (Å²) in [7, 11) is 1.84. The quantitative estimate of drug-likeness (QED) is 0.786. The van der Waals surface area contributed by atoms with E-state index in [1.54, 1.807) is 0 Å². The Morgan fingerprint density at radius 1 is 1.36 bits per heavy atom. The molecule has 1 rings (SSSR count). The molecule has 0 amide bonds. The van der Waals surface area contributed by atoms with Crippen molar-refractivity contribution in [3.8, 4) is 0 Å². The van der Waals surface area contributed by atoms with Gasteiger partial charge in [0, 0.05) is 0 Å². The lowest BCUT2D eigenvalue weighted by molar-refractivity contribution is 0.550. The van der Waals surface area contributed by atoms with E-state index in [1.165, 1.54) is 12.1 Å². The van der Waals surface area contributed by atoms with Crippen molar-refractivity contribution >= 4 is 0 Å². The first-order chi connectivity index (χ1) is 6.65. The molecule has 0 spiro atoms. The van der Waals surface area contributed by atoms with Crippen LogP contribution >= 0.6 is 0 Å². The molecular weight excluding hydrogens is 184 g/mol. The molecule has 1 aromatic carbocycles. The van der Waals surface area contributed by atoms with Crippen molar-refractivity contribution in [2.45, 2.75) is 19.3 Å². The van der Waals surface area contributed by atoms with Crippen molar-refractivity contribution in [1.82, 2.24) is 5.32 Å². The van der Waals surface area contributed by atoms with Gasteiger partial charge in [0.2, 0.25) is 0 Å². The van der Waals surface area contributed by atoms with Gasteiger partial charge in [0.25, 0.3) is 0 Å². The Morgan fingerprint density at radius 3 is 2.71 bits per heavy atom. The minimum absolute atomic E-state index is 0.0400. The Labute approximate surface area is 83.1 Å². The summed E-state index contributed by atoms with van der Waals surface area (Å²) in [5, 5.41) is 2.99. The number of halogens is 2. The molecule has 0 heterocycles. The fourth-order valence-corrected chi connectivity index (χ4v) is 1.41. The van der Waals surface area contributed by atoms with Crippen LogP contribution in [0.1, 0.15) is 24.8 Å². The van der Waals surface area contributed by atoms with Gasteiger partial charge >= 0.3 is 0 Å². The van der Waals surface area contributed by atoms with Crippen LogP contribution in [0.15, 0.2) is 18.2 Å². The third kappa shape index (κ3) is 2.77. The van der Waals surface area contributed by atoms with Crippen LogP contribution in [0.5, 0.6) is 0 Å². The van der Waals surface area contributed by atoms with E-state index in [9.17, 15) is 8.78 Å². The molecular formula is C11H15F2N. The summed E-state index contributed by atoms with van der Waals surface area (Å²) in [5.74, 6) is -0.661. The molecule has 0 radical (unpaired) electrons. The Balaban J connectivity index is 2.77. The SMILES string of the molecule is CNCCC(C)c1cc(F)ccc1F. The van der Waals surface area contributed by atoms with Crippen LogP contribution in [0.2, 0.25) is 0 Å². The molecule has 0 saturated carbocycles. The molecule has 0 aliphatic carbocycles. The molecule has 0 aliphatic rings. The lowest BCUT2D eigenvalue weighted by Gasteiger charge is -2.12. The number of hydrogen-bond acceptors (Lipinski definition) is 1. The summed E-state index contributed by atoms with van der Waals surface area (Å²) in [6.07, 6.45) is 0.802. The largest absolute Gasteiger partial charge is 0.320 e. The molecule has 0 aromatic heterocycles. The van der Waals surface area contributed by atoms with Crippen LogP contribution < -0.4 is 5.32 Å². The van der Waals surface area contributed by atoms with E-state index in [1.807, 2.05) is 14.0 Å². The first-order valence-corrected chi connectivity index (χ1v) is 4.74. The van der Waals surface area contributed by atoms with Gasteiger partial charge in [-0.25, -0.2) is 8.78 Å². The average Bonchev–Trinajstić information content (AvgIpc) is 2.18. The summed E-state index contributed by atoms with van der Waals surface area (Å²) in [4.78, 5) is 0. The van der Waals surface area contributed by atoms with Gasteiger partial charge in [-0.3, -0.25) is 0 Å². The van der Waals surface area contributed by atoms with Gasteiger partial charge in [-0.1, -0.05) is 6.92 Å². The van der Waals surface area contributed by atoms with Crippen molar-refractivity contribution in [3.63, 3.8) is 0 Å². The van der Waals surface area contributed by atoms with E-state index in [4.69, 9.17) is 0 Å². The standard InChI is InChI=1S/C11H15F2N/c1-8(5-6-14-2)10-7-9(12)3-4-11(10)13/h3-4,7-8,14H,5-6H2,1-2H3. The molecule has 1 unspecified atom stereocenters. The number of hydrogen-bond donors (Lipinski definition) is 1. The molecule has 0 fully saturated rings. The highest BCUT2D eigenvalue weighted by Gasteiger charge is 2.11. The van der Waals surface area contributed by atoms with Gasteiger partial charge in [-0.2, -0.15) is 0 Å². The number of benzene rings is 1. The van der Waals surface area contributed by atoms with Crippen LogP contribution in [-0.4, -0.2) is 13.6 Å². The molecule has 1 N–H and O–H groups in total. The van der Waals surface area contributed by atoms with Gasteiger partial charge in [-0.05, 0) is 49.7 Å². The minimum Gasteiger partial charge on any atom is -0.320 e. The van der Waals surface area contributed by atoms with E-state index in [0.717, 1.165) is 19.0 Å². The zero-order valence-corrected chi connectivity index (χ0v) is 8.48. The predicted molar refractivity (Wildman–Crippen MR) is 53.3 cm³/mol. The van der Waals surface area contributed by atoms with Crippen LogP contribution in [0, 0.1) is 11.6 Å². The number of nitrogens with one attached hydrogen (secondary N) is 1. The monoisotopic (exact) mass is 199 g/mol. The maximum Gasteiger partial charge on any atom is 0.126 e. The second kappa shape index (κ2) is 5.05. The van der Waals surface area contributed by atoms with Crippen LogP contribution in [0.25, 0.3) is 0 Å². The van der Waals surface area contributed by atoms with Crippen molar-refractivity contribution in [2.24, 2.45) is 0 Å². The summed E-state index contributed by atoms with van der Waals surface area (Å²) in [6, 6.07) is 3.60. The third-order valence-corrected chi connectivity index (χ3v) is 2.32. The molecule has 78 valence electrons. The van der Waals surface area contributed by atoms with Crippen LogP contribution in [-0.2, 0) is 0 Å². The van der Waals surface area contributed by atoms with E-state index in [-0.39, 0.29) is 17.6 Å².